The number of allylic oxidation sites excluding steroid dienone is 2. The van der Waals surface area contributed by atoms with Crippen LogP contribution in [0.4, 0.5) is 10.1 Å². The SMILES string of the molecule is C/C=C(/CCCC)Nc1cncc(-c2ccc3[nH]nc(-c4nc5c(-c6ccc(F)s6)nccc5[nH]4)c3n2)c1. The minimum atomic E-state index is -0.263. The van der Waals surface area contributed by atoms with Gasteiger partial charge in [-0.3, -0.25) is 15.1 Å². The Bertz CT molecular complexity index is 1780. The average molecular weight is 525 g/mol. The summed E-state index contributed by atoms with van der Waals surface area (Å²) in [6.45, 7) is 4.23. The Balaban J connectivity index is 1.37. The molecule has 0 saturated carbocycles. The molecule has 0 aliphatic carbocycles. The number of rotatable bonds is 8. The summed E-state index contributed by atoms with van der Waals surface area (Å²) in [7, 11) is 0. The molecule has 0 fully saturated rings. The average Bonchev–Trinajstić information content (AvgIpc) is 3.68. The summed E-state index contributed by atoms with van der Waals surface area (Å²) in [6, 6.07) is 11.0. The fraction of sp³-hybridized carbons (Fsp3) is 0.179. The number of imidazole rings is 1. The van der Waals surface area contributed by atoms with Crippen molar-refractivity contribution in [2.24, 2.45) is 0 Å². The first-order valence-electron chi connectivity index (χ1n) is 12.5. The Kier molecular flexibility index (Phi) is 6.38. The van der Waals surface area contributed by atoms with Crippen molar-refractivity contribution in [3.63, 3.8) is 0 Å². The maximum Gasteiger partial charge on any atom is 0.177 e. The molecule has 6 heterocycles. The van der Waals surface area contributed by atoms with Crippen LogP contribution in [-0.4, -0.2) is 35.1 Å². The quantitative estimate of drug-likeness (QED) is 0.192. The van der Waals surface area contributed by atoms with Crippen LogP contribution < -0.4 is 5.32 Å². The molecule has 10 heteroatoms. The molecule has 8 nitrogen and oxygen atoms in total. The van der Waals surface area contributed by atoms with E-state index in [1.807, 2.05) is 31.3 Å². The van der Waals surface area contributed by atoms with E-state index in [9.17, 15) is 4.39 Å². The summed E-state index contributed by atoms with van der Waals surface area (Å²) in [5.41, 5.74) is 7.92. The molecule has 6 aromatic heterocycles. The lowest BCUT2D eigenvalue weighted by atomic mass is 10.1. The number of pyridine rings is 3. The molecule has 38 heavy (non-hydrogen) atoms. The van der Waals surface area contributed by atoms with Crippen LogP contribution in [0.25, 0.3) is 55.4 Å². The summed E-state index contributed by atoms with van der Waals surface area (Å²) < 4.78 is 13.7. The third-order valence-corrected chi connectivity index (χ3v) is 7.21. The number of aromatic nitrogens is 7. The zero-order valence-corrected chi connectivity index (χ0v) is 21.7. The molecule has 0 amide bonds. The van der Waals surface area contributed by atoms with Crippen LogP contribution >= 0.6 is 11.3 Å². The number of H-pyrrole nitrogens is 2. The first-order chi connectivity index (χ1) is 18.6. The number of aromatic amines is 2. The fourth-order valence-electron chi connectivity index (χ4n) is 4.37. The van der Waals surface area contributed by atoms with Gasteiger partial charge in [0.2, 0.25) is 0 Å². The van der Waals surface area contributed by atoms with E-state index in [2.05, 4.69) is 49.5 Å². The molecule has 0 aliphatic heterocycles. The lowest BCUT2D eigenvalue weighted by Gasteiger charge is -2.11. The Hall–Kier alpha value is -4.44. The van der Waals surface area contributed by atoms with Crippen molar-refractivity contribution in [2.75, 3.05) is 5.32 Å². The van der Waals surface area contributed by atoms with Crippen LogP contribution in [0.1, 0.15) is 33.1 Å². The lowest BCUT2D eigenvalue weighted by molar-refractivity contribution is 0.657. The summed E-state index contributed by atoms with van der Waals surface area (Å²) in [5, 5.41) is 10.8. The van der Waals surface area contributed by atoms with Gasteiger partial charge < -0.3 is 10.3 Å². The minimum absolute atomic E-state index is 0.263. The third kappa shape index (κ3) is 4.54. The number of anilines is 1. The van der Waals surface area contributed by atoms with Gasteiger partial charge in [-0.25, -0.2) is 9.97 Å². The third-order valence-electron chi connectivity index (χ3n) is 6.33. The highest BCUT2D eigenvalue weighted by atomic mass is 32.1. The number of hydrogen-bond donors (Lipinski definition) is 3. The zero-order chi connectivity index (χ0) is 26.1. The maximum atomic E-state index is 13.7. The van der Waals surface area contributed by atoms with Crippen LogP contribution in [0.3, 0.4) is 0 Å². The Labute approximate surface area is 222 Å². The van der Waals surface area contributed by atoms with Gasteiger partial charge in [0.1, 0.15) is 16.7 Å². The van der Waals surface area contributed by atoms with Crippen molar-refractivity contribution in [3.8, 4) is 33.3 Å². The van der Waals surface area contributed by atoms with E-state index in [0.717, 1.165) is 63.5 Å². The first kappa shape index (κ1) is 23.9. The molecule has 3 N–H and O–H groups in total. The molecule has 0 bridgehead atoms. The molecule has 190 valence electrons. The molecule has 6 rings (SSSR count). The second-order valence-corrected chi connectivity index (χ2v) is 9.95. The second-order valence-electron chi connectivity index (χ2n) is 8.91. The number of nitrogens with one attached hydrogen (secondary N) is 3. The van der Waals surface area contributed by atoms with E-state index >= 15 is 0 Å². The molecule has 0 atom stereocenters. The zero-order valence-electron chi connectivity index (χ0n) is 20.9. The molecule has 0 aromatic carbocycles. The fourth-order valence-corrected chi connectivity index (χ4v) is 5.10. The molecular weight excluding hydrogens is 499 g/mol. The van der Waals surface area contributed by atoms with Crippen molar-refractivity contribution in [1.29, 1.82) is 0 Å². The molecule has 0 unspecified atom stereocenters. The summed E-state index contributed by atoms with van der Waals surface area (Å²) in [4.78, 5) is 22.7. The Morgan fingerprint density at radius 3 is 2.76 bits per heavy atom. The minimum Gasteiger partial charge on any atom is -0.358 e. The second kappa shape index (κ2) is 10.1. The lowest BCUT2D eigenvalue weighted by Crippen LogP contribution is -2.00. The number of hydrogen-bond acceptors (Lipinski definition) is 7. The molecular formula is C28H25FN8S. The van der Waals surface area contributed by atoms with Gasteiger partial charge in [-0.1, -0.05) is 19.4 Å². The van der Waals surface area contributed by atoms with Crippen molar-refractivity contribution in [1.82, 2.24) is 35.1 Å². The largest absolute Gasteiger partial charge is 0.358 e. The molecule has 0 spiro atoms. The normalized spacial score (nSPS) is 12.0. The van der Waals surface area contributed by atoms with E-state index in [0.29, 0.717) is 28.2 Å². The van der Waals surface area contributed by atoms with Gasteiger partial charge in [0, 0.05) is 23.7 Å². The standard InChI is InChI=1S/C28H25FN8S/c1-3-5-6-17(4-2)32-18-13-16(14-30-15-18)19-7-8-21-25(33-19)27(37-36-21)28-34-20-11-12-31-26(24(20)35-28)22-9-10-23(29)38-22/h4,7-15,32H,3,5-6H2,1-2H3,(H,34,35)(H,36,37)/b17-4-. The van der Waals surface area contributed by atoms with Crippen molar-refractivity contribution in [2.45, 2.75) is 33.1 Å². The van der Waals surface area contributed by atoms with E-state index in [1.54, 1.807) is 18.5 Å². The number of halogens is 1. The number of nitrogens with zero attached hydrogens (tertiary/aromatic N) is 5. The highest BCUT2D eigenvalue weighted by Gasteiger charge is 2.18. The highest BCUT2D eigenvalue weighted by Crippen LogP contribution is 2.33. The van der Waals surface area contributed by atoms with Crippen LogP contribution in [0.2, 0.25) is 0 Å². The van der Waals surface area contributed by atoms with Crippen molar-refractivity contribution >= 4 is 39.1 Å². The Morgan fingerprint density at radius 2 is 1.95 bits per heavy atom. The number of fused-ring (bicyclic) bond motifs is 2. The van der Waals surface area contributed by atoms with Gasteiger partial charge in [0.05, 0.1) is 33.5 Å². The monoisotopic (exact) mass is 524 g/mol. The molecule has 0 aliphatic rings. The molecule has 0 saturated heterocycles. The highest BCUT2D eigenvalue weighted by molar-refractivity contribution is 7.13. The smallest absolute Gasteiger partial charge is 0.177 e. The van der Waals surface area contributed by atoms with E-state index < -0.39 is 0 Å². The van der Waals surface area contributed by atoms with Gasteiger partial charge in [-0.05, 0) is 56.2 Å². The summed E-state index contributed by atoms with van der Waals surface area (Å²) >= 11 is 1.04. The summed E-state index contributed by atoms with van der Waals surface area (Å²) in [5.74, 6) is 0.560. The van der Waals surface area contributed by atoms with E-state index in [1.165, 1.54) is 11.8 Å². The van der Waals surface area contributed by atoms with Gasteiger partial charge in [-0.15, -0.1) is 11.3 Å². The number of thiophene rings is 1. The van der Waals surface area contributed by atoms with E-state index in [4.69, 9.17) is 9.97 Å². The van der Waals surface area contributed by atoms with E-state index in [-0.39, 0.29) is 5.13 Å². The predicted molar refractivity (Wildman–Crippen MR) is 150 cm³/mol. The van der Waals surface area contributed by atoms with Gasteiger partial charge >= 0.3 is 0 Å². The van der Waals surface area contributed by atoms with Gasteiger partial charge in [-0.2, -0.15) is 9.49 Å². The molecule has 0 radical (unpaired) electrons. The number of unbranched alkanes of at least 4 members (excludes halogenated alkanes) is 1. The first-order valence-corrected chi connectivity index (χ1v) is 13.3. The van der Waals surface area contributed by atoms with Gasteiger partial charge in [0.25, 0.3) is 0 Å². The van der Waals surface area contributed by atoms with Crippen molar-refractivity contribution in [3.05, 3.63) is 71.9 Å². The Morgan fingerprint density at radius 1 is 1.05 bits per heavy atom. The van der Waals surface area contributed by atoms with Crippen molar-refractivity contribution < 1.29 is 4.39 Å². The van der Waals surface area contributed by atoms with Crippen LogP contribution in [0, 0.1) is 5.13 Å². The molecule has 6 aromatic rings. The van der Waals surface area contributed by atoms with Crippen LogP contribution in [-0.2, 0) is 0 Å². The predicted octanol–water partition coefficient (Wildman–Crippen LogP) is 7.33. The maximum absolute atomic E-state index is 13.7. The van der Waals surface area contributed by atoms with Crippen LogP contribution in [0.5, 0.6) is 0 Å². The topological polar surface area (TPSA) is 108 Å². The summed E-state index contributed by atoms with van der Waals surface area (Å²) in [6.07, 6.45) is 10.7. The van der Waals surface area contributed by atoms with Gasteiger partial charge in [0.15, 0.2) is 16.6 Å². The van der Waals surface area contributed by atoms with Crippen LogP contribution in [0.15, 0.2) is 66.8 Å².